The standard InChI is InChI=1S/C10H14N2O3S/c1-2-6-3-4-16-8(6)10(15)12-5-7(13)9(11)14/h3-4,7,13H,2,5H2,1H3,(H2,11,14)(H,12,15). The second-order valence-corrected chi connectivity index (χ2v) is 4.17. The smallest absolute Gasteiger partial charge is 0.261 e. The van der Waals surface area contributed by atoms with Crippen LogP contribution in [0.1, 0.15) is 22.2 Å². The maximum Gasteiger partial charge on any atom is 0.261 e. The molecule has 4 N–H and O–H groups in total. The molecule has 1 aromatic rings. The molecular weight excluding hydrogens is 228 g/mol. The van der Waals surface area contributed by atoms with Gasteiger partial charge in [0.1, 0.15) is 6.10 Å². The topological polar surface area (TPSA) is 92.4 Å². The lowest BCUT2D eigenvalue weighted by molar-refractivity contribution is -0.125. The third kappa shape index (κ3) is 3.04. The summed E-state index contributed by atoms with van der Waals surface area (Å²) in [5, 5.41) is 13.4. The van der Waals surface area contributed by atoms with Crippen LogP contribution in [0.25, 0.3) is 0 Å². The van der Waals surface area contributed by atoms with Gasteiger partial charge in [0.25, 0.3) is 5.91 Å². The highest BCUT2D eigenvalue weighted by atomic mass is 32.1. The molecule has 0 radical (unpaired) electrons. The summed E-state index contributed by atoms with van der Waals surface area (Å²) in [5.74, 6) is -1.13. The molecule has 88 valence electrons. The number of hydrogen-bond acceptors (Lipinski definition) is 4. The molecule has 0 saturated heterocycles. The van der Waals surface area contributed by atoms with E-state index >= 15 is 0 Å². The lowest BCUT2D eigenvalue weighted by atomic mass is 10.2. The van der Waals surface area contributed by atoms with Crippen LogP contribution in [0.2, 0.25) is 0 Å². The number of nitrogens with two attached hydrogens (primary N) is 1. The number of primary amides is 1. The van der Waals surface area contributed by atoms with Gasteiger partial charge in [-0.15, -0.1) is 11.3 Å². The minimum atomic E-state index is -1.34. The van der Waals surface area contributed by atoms with Crippen LogP contribution in [0.4, 0.5) is 0 Å². The number of carbonyl (C=O) groups excluding carboxylic acids is 2. The highest BCUT2D eigenvalue weighted by molar-refractivity contribution is 7.12. The van der Waals surface area contributed by atoms with Crippen molar-refractivity contribution >= 4 is 23.2 Å². The van der Waals surface area contributed by atoms with Crippen LogP contribution in [0.5, 0.6) is 0 Å². The van der Waals surface area contributed by atoms with Gasteiger partial charge in [0.15, 0.2) is 0 Å². The summed E-state index contributed by atoms with van der Waals surface area (Å²) < 4.78 is 0. The fourth-order valence-electron chi connectivity index (χ4n) is 1.18. The molecule has 5 nitrogen and oxygen atoms in total. The predicted octanol–water partition coefficient (Wildman–Crippen LogP) is -0.113. The molecule has 0 aliphatic rings. The molecule has 0 bridgehead atoms. The molecule has 0 aliphatic carbocycles. The summed E-state index contributed by atoms with van der Waals surface area (Å²) in [6.45, 7) is 1.80. The van der Waals surface area contributed by atoms with Crippen LogP contribution in [0, 0.1) is 0 Å². The Labute approximate surface area is 97.3 Å². The first kappa shape index (κ1) is 12.7. The van der Waals surface area contributed by atoms with E-state index in [4.69, 9.17) is 10.8 Å². The van der Waals surface area contributed by atoms with Gasteiger partial charge in [-0.2, -0.15) is 0 Å². The molecule has 1 unspecified atom stereocenters. The first-order chi connectivity index (χ1) is 7.56. The van der Waals surface area contributed by atoms with Crippen LogP contribution in [-0.2, 0) is 11.2 Å². The van der Waals surface area contributed by atoms with Crippen molar-refractivity contribution in [1.82, 2.24) is 5.32 Å². The Morgan fingerprint density at radius 3 is 2.88 bits per heavy atom. The van der Waals surface area contributed by atoms with Crippen molar-refractivity contribution in [2.45, 2.75) is 19.4 Å². The first-order valence-electron chi connectivity index (χ1n) is 4.88. The number of amides is 2. The second-order valence-electron chi connectivity index (χ2n) is 3.26. The molecule has 0 saturated carbocycles. The van der Waals surface area contributed by atoms with E-state index in [0.717, 1.165) is 12.0 Å². The summed E-state index contributed by atoms with van der Waals surface area (Å²) >= 11 is 1.33. The van der Waals surface area contributed by atoms with E-state index in [9.17, 15) is 9.59 Å². The highest BCUT2D eigenvalue weighted by Gasteiger charge is 2.15. The fraction of sp³-hybridized carbons (Fsp3) is 0.400. The van der Waals surface area contributed by atoms with E-state index in [2.05, 4.69) is 5.32 Å². The average Bonchev–Trinajstić information content (AvgIpc) is 2.73. The number of thiophene rings is 1. The number of nitrogens with one attached hydrogen (secondary N) is 1. The Balaban J connectivity index is 2.56. The SMILES string of the molecule is CCc1ccsc1C(=O)NCC(O)C(N)=O. The van der Waals surface area contributed by atoms with E-state index in [1.54, 1.807) is 0 Å². The largest absolute Gasteiger partial charge is 0.381 e. The van der Waals surface area contributed by atoms with Crippen LogP contribution < -0.4 is 11.1 Å². The summed E-state index contributed by atoms with van der Waals surface area (Å²) in [6, 6.07) is 1.88. The minimum absolute atomic E-state index is 0.158. The Hall–Kier alpha value is -1.40. The number of carbonyl (C=O) groups is 2. The van der Waals surface area contributed by atoms with E-state index < -0.39 is 12.0 Å². The Morgan fingerprint density at radius 2 is 2.31 bits per heavy atom. The molecule has 0 aromatic carbocycles. The van der Waals surface area contributed by atoms with Gasteiger partial charge in [-0.1, -0.05) is 6.92 Å². The maximum absolute atomic E-state index is 11.6. The number of rotatable bonds is 5. The zero-order valence-electron chi connectivity index (χ0n) is 8.90. The van der Waals surface area contributed by atoms with E-state index in [0.29, 0.717) is 4.88 Å². The summed E-state index contributed by atoms with van der Waals surface area (Å²) in [7, 11) is 0. The average molecular weight is 242 g/mol. The third-order valence-electron chi connectivity index (χ3n) is 2.12. The van der Waals surface area contributed by atoms with Gasteiger partial charge in [-0.3, -0.25) is 9.59 Å². The van der Waals surface area contributed by atoms with Crippen molar-refractivity contribution in [3.05, 3.63) is 21.9 Å². The zero-order chi connectivity index (χ0) is 12.1. The summed E-state index contributed by atoms with van der Waals surface area (Å²) in [6.07, 6.45) is -0.570. The van der Waals surface area contributed by atoms with Crippen molar-refractivity contribution in [1.29, 1.82) is 0 Å². The molecule has 1 atom stereocenters. The maximum atomic E-state index is 11.6. The number of aryl methyl sites for hydroxylation is 1. The van der Waals surface area contributed by atoms with Crippen molar-refractivity contribution in [3.8, 4) is 0 Å². The normalized spacial score (nSPS) is 12.1. The van der Waals surface area contributed by atoms with Crippen LogP contribution in [-0.4, -0.2) is 29.6 Å². The molecule has 1 rings (SSSR count). The lowest BCUT2D eigenvalue weighted by Crippen LogP contribution is -2.39. The first-order valence-corrected chi connectivity index (χ1v) is 5.76. The van der Waals surface area contributed by atoms with Crippen LogP contribution in [0.15, 0.2) is 11.4 Å². The van der Waals surface area contributed by atoms with Crippen LogP contribution in [0.3, 0.4) is 0 Å². The summed E-state index contributed by atoms with van der Waals surface area (Å²) in [5.41, 5.74) is 5.81. The van der Waals surface area contributed by atoms with Crippen molar-refractivity contribution in [2.75, 3.05) is 6.54 Å². The van der Waals surface area contributed by atoms with Gasteiger partial charge in [-0.25, -0.2) is 0 Å². The van der Waals surface area contributed by atoms with E-state index in [1.165, 1.54) is 11.3 Å². The molecular formula is C10H14N2O3S. The Kier molecular flexibility index (Phi) is 4.45. The van der Waals surface area contributed by atoms with Crippen molar-refractivity contribution in [2.24, 2.45) is 5.73 Å². The van der Waals surface area contributed by atoms with Gasteiger partial charge in [0.05, 0.1) is 11.4 Å². The molecule has 6 heteroatoms. The third-order valence-corrected chi connectivity index (χ3v) is 3.07. The van der Waals surface area contributed by atoms with Gasteiger partial charge in [0.2, 0.25) is 5.91 Å². The number of aliphatic hydroxyl groups is 1. The fourth-order valence-corrected chi connectivity index (χ4v) is 2.09. The van der Waals surface area contributed by atoms with Crippen molar-refractivity contribution < 1.29 is 14.7 Å². The monoisotopic (exact) mass is 242 g/mol. The molecule has 0 spiro atoms. The highest BCUT2D eigenvalue weighted by Crippen LogP contribution is 2.16. The van der Waals surface area contributed by atoms with Gasteiger partial charge in [0, 0.05) is 0 Å². The Morgan fingerprint density at radius 1 is 1.62 bits per heavy atom. The summed E-state index contributed by atoms with van der Waals surface area (Å²) in [4.78, 5) is 22.8. The molecule has 0 aliphatic heterocycles. The zero-order valence-corrected chi connectivity index (χ0v) is 9.71. The van der Waals surface area contributed by atoms with Gasteiger partial charge >= 0.3 is 0 Å². The number of hydrogen-bond donors (Lipinski definition) is 3. The molecule has 16 heavy (non-hydrogen) atoms. The molecule has 1 heterocycles. The lowest BCUT2D eigenvalue weighted by Gasteiger charge is -2.08. The molecule has 1 aromatic heterocycles. The van der Waals surface area contributed by atoms with Crippen LogP contribution >= 0.6 is 11.3 Å². The number of aliphatic hydroxyl groups excluding tert-OH is 1. The molecule has 0 fully saturated rings. The Bertz CT molecular complexity index is 389. The van der Waals surface area contributed by atoms with Crippen molar-refractivity contribution in [3.63, 3.8) is 0 Å². The van der Waals surface area contributed by atoms with E-state index in [-0.39, 0.29) is 12.5 Å². The predicted molar refractivity (Wildman–Crippen MR) is 61.2 cm³/mol. The van der Waals surface area contributed by atoms with E-state index in [1.807, 2.05) is 18.4 Å². The van der Waals surface area contributed by atoms with Gasteiger partial charge < -0.3 is 16.2 Å². The second kappa shape index (κ2) is 5.62. The molecule has 2 amide bonds. The quantitative estimate of drug-likeness (QED) is 0.672. The minimum Gasteiger partial charge on any atom is -0.381 e. The van der Waals surface area contributed by atoms with Gasteiger partial charge in [-0.05, 0) is 23.4 Å².